The van der Waals surface area contributed by atoms with Gasteiger partial charge in [0.1, 0.15) is 0 Å². The van der Waals surface area contributed by atoms with Crippen LogP contribution in [0.25, 0.3) is 0 Å². The molecule has 0 atom stereocenters. The molecule has 262 valence electrons. The van der Waals surface area contributed by atoms with Gasteiger partial charge >= 0.3 is 5.97 Å². The van der Waals surface area contributed by atoms with E-state index in [9.17, 15) is 14.4 Å². The molecule has 1 fully saturated rings. The fraction of sp³-hybridized carbons (Fsp3) is 0.553. The van der Waals surface area contributed by atoms with Crippen LogP contribution in [-0.4, -0.2) is 100 Å². The van der Waals surface area contributed by atoms with Gasteiger partial charge in [0.15, 0.2) is 0 Å². The van der Waals surface area contributed by atoms with E-state index in [0.717, 1.165) is 96.7 Å². The standard InChI is InChI=1S/C38H61N5O4/c1-3-4-5-6-7-8-9-10-11-12-13-14-15-16-17-18-19-20-21-23-36(44)40-28-34-43(31-22-30-42-32-26-39-27-33-42)35-29-41-37(45)24-25-38(46)47-2/h4-5,7-8,10-11,13-14,16-17,19-20,24-25,39H,3,6,9,12,15,18,21-23,26-35H2,1-2H3,(H,40,44)(H,41,45)/b5-4-,8-7-,11-10-,14-13-,17-16-,20-19-,25-24?. The number of nitrogens with one attached hydrogen (secondary N) is 3. The molecule has 0 aromatic heterocycles. The maximum atomic E-state index is 12.4. The second-order valence-electron chi connectivity index (χ2n) is 11.2. The van der Waals surface area contributed by atoms with Crippen molar-refractivity contribution >= 4 is 17.8 Å². The summed E-state index contributed by atoms with van der Waals surface area (Å²) in [5.74, 6) is -0.850. The first-order valence-electron chi connectivity index (χ1n) is 17.4. The zero-order valence-electron chi connectivity index (χ0n) is 29.0. The number of ether oxygens (including phenoxy) is 1. The van der Waals surface area contributed by atoms with Crippen molar-refractivity contribution in [2.45, 2.75) is 64.7 Å². The average Bonchev–Trinajstić information content (AvgIpc) is 3.08. The van der Waals surface area contributed by atoms with E-state index in [0.29, 0.717) is 32.6 Å². The van der Waals surface area contributed by atoms with Crippen LogP contribution in [0, 0.1) is 0 Å². The fourth-order valence-electron chi connectivity index (χ4n) is 4.69. The van der Waals surface area contributed by atoms with Crippen molar-refractivity contribution in [3.63, 3.8) is 0 Å². The Kier molecular flexibility index (Phi) is 27.4. The summed E-state index contributed by atoms with van der Waals surface area (Å²) in [6.07, 6.45) is 36.5. The molecule has 1 rings (SSSR count). The van der Waals surface area contributed by atoms with E-state index in [-0.39, 0.29) is 11.8 Å². The molecule has 3 N–H and O–H groups in total. The molecule has 0 bridgehead atoms. The molecule has 9 heteroatoms. The summed E-state index contributed by atoms with van der Waals surface area (Å²) < 4.78 is 4.51. The fourth-order valence-corrected chi connectivity index (χ4v) is 4.69. The number of esters is 1. The first-order chi connectivity index (χ1) is 23.0. The van der Waals surface area contributed by atoms with Crippen LogP contribution in [-0.2, 0) is 19.1 Å². The van der Waals surface area contributed by atoms with Gasteiger partial charge in [-0.1, -0.05) is 79.8 Å². The minimum Gasteiger partial charge on any atom is -0.466 e. The lowest BCUT2D eigenvalue weighted by atomic mass is 10.2. The SMILES string of the molecule is CC/C=C\C/C=C\C/C=C\C/C=C\C/C=C\C/C=C\CCC(=O)NCCN(CCCN1CCNCC1)CCNC(=O)C=CC(=O)OC. The van der Waals surface area contributed by atoms with E-state index in [1.807, 2.05) is 0 Å². The molecule has 0 saturated carbocycles. The molecule has 9 nitrogen and oxygen atoms in total. The van der Waals surface area contributed by atoms with Crippen LogP contribution in [0.5, 0.6) is 0 Å². The number of hydrogen-bond donors (Lipinski definition) is 3. The molecule has 47 heavy (non-hydrogen) atoms. The number of amides is 2. The highest BCUT2D eigenvalue weighted by Crippen LogP contribution is 2.00. The third kappa shape index (κ3) is 27.3. The van der Waals surface area contributed by atoms with Crippen LogP contribution in [0.4, 0.5) is 0 Å². The van der Waals surface area contributed by atoms with Crippen LogP contribution in [0.2, 0.25) is 0 Å². The molecular weight excluding hydrogens is 590 g/mol. The second-order valence-corrected chi connectivity index (χ2v) is 11.2. The summed E-state index contributed by atoms with van der Waals surface area (Å²) in [5.41, 5.74) is 0. The van der Waals surface area contributed by atoms with Crippen molar-refractivity contribution in [1.29, 1.82) is 0 Å². The third-order valence-electron chi connectivity index (χ3n) is 7.34. The van der Waals surface area contributed by atoms with E-state index in [2.05, 4.69) is 110 Å². The zero-order chi connectivity index (χ0) is 34.0. The second kappa shape index (κ2) is 31.1. The molecule has 1 aliphatic rings. The molecule has 0 aromatic rings. The van der Waals surface area contributed by atoms with Crippen LogP contribution >= 0.6 is 0 Å². The van der Waals surface area contributed by atoms with Gasteiger partial charge < -0.3 is 25.6 Å². The van der Waals surface area contributed by atoms with E-state index >= 15 is 0 Å². The van der Waals surface area contributed by atoms with Crippen molar-refractivity contribution in [1.82, 2.24) is 25.8 Å². The van der Waals surface area contributed by atoms with Crippen molar-refractivity contribution < 1.29 is 19.1 Å². The van der Waals surface area contributed by atoms with Crippen molar-refractivity contribution in [3.05, 3.63) is 85.1 Å². The van der Waals surface area contributed by atoms with Crippen molar-refractivity contribution in [2.24, 2.45) is 0 Å². The highest BCUT2D eigenvalue weighted by atomic mass is 16.5. The smallest absolute Gasteiger partial charge is 0.330 e. The Bertz CT molecular complexity index is 1040. The Morgan fingerprint density at radius 1 is 0.723 bits per heavy atom. The minimum absolute atomic E-state index is 0.0477. The number of carbonyl (C=O) groups is 3. The highest BCUT2D eigenvalue weighted by Gasteiger charge is 2.11. The summed E-state index contributed by atoms with van der Waals surface area (Å²) in [6, 6.07) is 0. The lowest BCUT2D eigenvalue weighted by molar-refractivity contribution is -0.135. The molecule has 0 aromatic carbocycles. The summed E-state index contributed by atoms with van der Waals surface area (Å²) in [5, 5.41) is 9.22. The quantitative estimate of drug-likeness (QED) is 0.0686. The van der Waals surface area contributed by atoms with E-state index < -0.39 is 5.97 Å². The largest absolute Gasteiger partial charge is 0.466 e. The van der Waals surface area contributed by atoms with E-state index in [4.69, 9.17) is 0 Å². The molecule has 1 aliphatic heterocycles. The monoisotopic (exact) mass is 651 g/mol. The highest BCUT2D eigenvalue weighted by molar-refractivity contribution is 5.94. The van der Waals surface area contributed by atoms with Gasteiger partial charge in [-0.05, 0) is 64.5 Å². The van der Waals surface area contributed by atoms with Crippen molar-refractivity contribution in [3.8, 4) is 0 Å². The number of methoxy groups -OCH3 is 1. The first-order valence-corrected chi connectivity index (χ1v) is 17.4. The predicted octanol–water partition coefficient (Wildman–Crippen LogP) is 5.02. The maximum absolute atomic E-state index is 12.4. The van der Waals surface area contributed by atoms with Crippen LogP contribution < -0.4 is 16.0 Å². The third-order valence-corrected chi connectivity index (χ3v) is 7.34. The lowest BCUT2D eigenvalue weighted by Gasteiger charge is -2.29. The maximum Gasteiger partial charge on any atom is 0.330 e. The molecule has 1 saturated heterocycles. The van der Waals surface area contributed by atoms with E-state index in [1.54, 1.807) is 0 Å². The summed E-state index contributed by atoms with van der Waals surface area (Å²) in [6.45, 7) is 10.6. The van der Waals surface area contributed by atoms with Gasteiger partial charge in [-0.15, -0.1) is 0 Å². The number of carbonyl (C=O) groups excluding carboxylic acids is 3. The topological polar surface area (TPSA) is 103 Å². The van der Waals surface area contributed by atoms with Crippen molar-refractivity contribution in [2.75, 3.05) is 72.6 Å². The molecule has 0 aliphatic carbocycles. The number of piperazine rings is 1. The van der Waals surface area contributed by atoms with Gasteiger partial charge in [0.25, 0.3) is 0 Å². The Morgan fingerprint density at radius 2 is 1.26 bits per heavy atom. The Morgan fingerprint density at radius 3 is 1.81 bits per heavy atom. The van der Waals surface area contributed by atoms with Gasteiger partial charge in [0.05, 0.1) is 7.11 Å². The van der Waals surface area contributed by atoms with Gasteiger partial charge in [0, 0.05) is 70.9 Å². The normalized spacial score (nSPS) is 14.8. The number of rotatable bonds is 26. The molecule has 0 unspecified atom stereocenters. The Hall–Kier alpha value is -3.53. The summed E-state index contributed by atoms with van der Waals surface area (Å²) in [4.78, 5) is 40.3. The Labute approximate surface area is 284 Å². The van der Waals surface area contributed by atoms with Gasteiger partial charge in [-0.3, -0.25) is 14.5 Å². The molecular formula is C38H61N5O4. The number of nitrogens with zero attached hydrogens (tertiary/aromatic N) is 2. The Balaban J connectivity index is 2.21. The van der Waals surface area contributed by atoms with Crippen LogP contribution in [0.15, 0.2) is 85.1 Å². The summed E-state index contributed by atoms with van der Waals surface area (Å²) in [7, 11) is 1.27. The van der Waals surface area contributed by atoms with Gasteiger partial charge in [0.2, 0.25) is 11.8 Å². The van der Waals surface area contributed by atoms with Crippen LogP contribution in [0.3, 0.4) is 0 Å². The zero-order valence-corrected chi connectivity index (χ0v) is 29.0. The molecule has 1 heterocycles. The van der Waals surface area contributed by atoms with Crippen LogP contribution in [0.1, 0.15) is 64.7 Å². The lowest BCUT2D eigenvalue weighted by Crippen LogP contribution is -2.45. The van der Waals surface area contributed by atoms with E-state index in [1.165, 1.54) is 13.2 Å². The summed E-state index contributed by atoms with van der Waals surface area (Å²) >= 11 is 0. The molecule has 0 spiro atoms. The predicted molar refractivity (Wildman–Crippen MR) is 195 cm³/mol. The molecule has 2 amide bonds. The number of allylic oxidation sites excluding steroid dienone is 12. The average molecular weight is 652 g/mol. The molecule has 0 radical (unpaired) electrons. The first kappa shape index (κ1) is 41.5. The van der Waals surface area contributed by atoms with Gasteiger partial charge in [-0.25, -0.2) is 4.79 Å². The number of hydrogen-bond acceptors (Lipinski definition) is 7. The van der Waals surface area contributed by atoms with Gasteiger partial charge in [-0.2, -0.15) is 0 Å². The minimum atomic E-state index is -0.564.